The molecule has 0 aliphatic carbocycles. The lowest BCUT2D eigenvalue weighted by atomic mass is 9.88. The van der Waals surface area contributed by atoms with Crippen LogP contribution in [0.15, 0.2) is 111 Å². The van der Waals surface area contributed by atoms with Gasteiger partial charge in [0.1, 0.15) is 22.6 Å². The summed E-state index contributed by atoms with van der Waals surface area (Å²) in [6, 6.07) is 22.4. The summed E-state index contributed by atoms with van der Waals surface area (Å²) in [4.78, 5) is 7.97. The van der Waals surface area contributed by atoms with Crippen LogP contribution in [0.2, 0.25) is 0 Å². The Morgan fingerprint density at radius 2 is 1.27 bits per heavy atom. The summed E-state index contributed by atoms with van der Waals surface area (Å²) in [5.41, 5.74) is 4.22. The highest BCUT2D eigenvalue weighted by Crippen LogP contribution is 2.32. The van der Waals surface area contributed by atoms with E-state index in [0.29, 0.717) is 5.58 Å². The molecular weight excluding hydrogens is 575 g/mol. The van der Waals surface area contributed by atoms with Gasteiger partial charge in [-0.15, -0.1) is 0 Å². The van der Waals surface area contributed by atoms with Crippen LogP contribution in [0, 0.1) is 0 Å². The molecule has 4 N–H and O–H groups in total. The van der Waals surface area contributed by atoms with E-state index >= 15 is 0 Å². The first-order valence-corrected chi connectivity index (χ1v) is 13.3. The molecule has 2 atom stereocenters. The van der Waals surface area contributed by atoms with Crippen LogP contribution in [0.1, 0.15) is 37.2 Å². The van der Waals surface area contributed by atoms with Gasteiger partial charge in [0.05, 0.1) is 12.2 Å². The van der Waals surface area contributed by atoms with E-state index in [0.717, 1.165) is 43.3 Å². The van der Waals surface area contributed by atoms with E-state index in [1.54, 1.807) is 56.8 Å². The number of hydrogen-bond donors (Lipinski definition) is 4. The Labute approximate surface area is 239 Å². The van der Waals surface area contributed by atoms with Gasteiger partial charge >= 0.3 is 7.12 Å². The molecule has 6 aromatic rings. The number of para-hydroxylation sites is 2. The molecule has 0 aliphatic rings. The molecule has 2 aromatic carbocycles. The number of fused-ring (bicyclic) bond motifs is 2. The summed E-state index contributed by atoms with van der Waals surface area (Å²) in [6.07, 6.45) is 5.75. The summed E-state index contributed by atoms with van der Waals surface area (Å²) < 4.78 is 11.8. The van der Waals surface area contributed by atoms with Crippen molar-refractivity contribution >= 4 is 50.6 Å². The molecular formula is C30H28BBrN2O6. The van der Waals surface area contributed by atoms with E-state index in [1.807, 2.05) is 54.6 Å². The molecule has 40 heavy (non-hydrogen) atoms. The first-order chi connectivity index (χ1) is 19.2. The minimum Gasteiger partial charge on any atom is -0.465 e. The minimum atomic E-state index is -1.53. The number of pyridine rings is 2. The molecule has 0 fully saturated rings. The second kappa shape index (κ2) is 13.5. The molecule has 0 saturated heterocycles. The van der Waals surface area contributed by atoms with Crippen LogP contribution in [0.4, 0.5) is 0 Å². The van der Waals surface area contributed by atoms with Crippen LogP contribution in [-0.4, -0.2) is 37.3 Å². The molecule has 10 heteroatoms. The van der Waals surface area contributed by atoms with Crippen molar-refractivity contribution in [1.82, 2.24) is 9.97 Å². The molecule has 8 nitrogen and oxygen atoms in total. The zero-order chi connectivity index (χ0) is 28.6. The molecule has 204 valence electrons. The number of aromatic nitrogens is 2. The van der Waals surface area contributed by atoms with E-state index in [2.05, 4.69) is 25.9 Å². The van der Waals surface area contributed by atoms with Crippen LogP contribution >= 0.6 is 15.9 Å². The summed E-state index contributed by atoms with van der Waals surface area (Å²) in [6.45, 7) is 3.46. The fourth-order valence-corrected chi connectivity index (χ4v) is 4.53. The fraction of sp³-hybridized carbons (Fsp3) is 0.133. The van der Waals surface area contributed by atoms with Crippen molar-refractivity contribution in [3.63, 3.8) is 0 Å². The molecule has 6 rings (SSSR count). The van der Waals surface area contributed by atoms with Gasteiger partial charge in [0.15, 0.2) is 0 Å². The Hall–Kier alpha value is -3.80. The maximum absolute atomic E-state index is 9.77. The van der Waals surface area contributed by atoms with Gasteiger partial charge in [-0.25, -0.2) is 0 Å². The third kappa shape index (κ3) is 7.23. The number of benzene rings is 2. The highest BCUT2D eigenvalue weighted by Gasteiger charge is 2.16. The Morgan fingerprint density at radius 1 is 0.725 bits per heavy atom. The van der Waals surface area contributed by atoms with Crippen molar-refractivity contribution < 1.29 is 29.1 Å². The topological polar surface area (TPSA) is 133 Å². The zero-order valence-corrected chi connectivity index (χ0v) is 23.4. The maximum Gasteiger partial charge on any atom is 0.526 e. The van der Waals surface area contributed by atoms with E-state index < -0.39 is 19.3 Å². The van der Waals surface area contributed by atoms with Crippen molar-refractivity contribution in [3.8, 4) is 11.3 Å². The lowest BCUT2D eigenvalue weighted by Crippen LogP contribution is -2.27. The average molecular weight is 603 g/mol. The molecule has 0 aliphatic heterocycles. The molecule has 0 radical (unpaired) electrons. The second-order valence-electron chi connectivity index (χ2n) is 8.92. The average Bonchev–Trinajstić information content (AvgIpc) is 3.59. The monoisotopic (exact) mass is 602 g/mol. The van der Waals surface area contributed by atoms with Gasteiger partial charge in [0.25, 0.3) is 0 Å². The minimum absolute atomic E-state index is 0.177. The summed E-state index contributed by atoms with van der Waals surface area (Å²) >= 11 is 3.27. The van der Waals surface area contributed by atoms with Gasteiger partial charge in [-0.05, 0) is 77.3 Å². The SMILES string of the molecule is CC(O)c1ccncc1-c1cc2ccccc2o1.CC(O)c1ccncc1Br.OB(O)c1cc2ccccc2o1. The van der Waals surface area contributed by atoms with E-state index in [4.69, 9.17) is 24.0 Å². The number of aliphatic hydroxyl groups is 2. The normalized spacial score (nSPS) is 12.2. The van der Waals surface area contributed by atoms with Crippen LogP contribution in [0.5, 0.6) is 0 Å². The molecule has 0 bridgehead atoms. The van der Waals surface area contributed by atoms with Gasteiger partial charge < -0.3 is 29.1 Å². The molecule has 4 heterocycles. The van der Waals surface area contributed by atoms with Crippen molar-refractivity contribution in [3.05, 3.63) is 113 Å². The largest absolute Gasteiger partial charge is 0.526 e. The van der Waals surface area contributed by atoms with Crippen molar-refractivity contribution in [2.45, 2.75) is 26.1 Å². The van der Waals surface area contributed by atoms with E-state index in [1.165, 1.54) is 0 Å². The fourth-order valence-electron chi connectivity index (χ4n) is 3.94. The molecule has 0 amide bonds. The van der Waals surface area contributed by atoms with Crippen molar-refractivity contribution in [2.75, 3.05) is 0 Å². The number of aliphatic hydroxyl groups excluding tert-OH is 2. The zero-order valence-electron chi connectivity index (χ0n) is 21.8. The third-order valence-electron chi connectivity index (χ3n) is 5.95. The summed E-state index contributed by atoms with van der Waals surface area (Å²) in [7, 11) is -1.53. The first-order valence-electron chi connectivity index (χ1n) is 12.5. The van der Waals surface area contributed by atoms with Gasteiger partial charge in [-0.3, -0.25) is 9.97 Å². The quantitative estimate of drug-likeness (QED) is 0.193. The van der Waals surface area contributed by atoms with Crippen LogP contribution in [0.25, 0.3) is 33.3 Å². The Kier molecular flexibility index (Phi) is 9.86. The Balaban J connectivity index is 0.000000147. The van der Waals surface area contributed by atoms with Crippen molar-refractivity contribution in [2.24, 2.45) is 0 Å². The number of rotatable bonds is 4. The second-order valence-corrected chi connectivity index (χ2v) is 9.78. The highest BCUT2D eigenvalue weighted by atomic mass is 79.9. The smallest absolute Gasteiger partial charge is 0.465 e. The number of hydrogen-bond acceptors (Lipinski definition) is 8. The first kappa shape index (κ1) is 29.2. The van der Waals surface area contributed by atoms with E-state index in [9.17, 15) is 5.11 Å². The number of furan rings is 2. The van der Waals surface area contributed by atoms with Crippen LogP contribution in [-0.2, 0) is 0 Å². The number of nitrogens with zero attached hydrogens (tertiary/aromatic N) is 2. The highest BCUT2D eigenvalue weighted by molar-refractivity contribution is 9.10. The lowest BCUT2D eigenvalue weighted by molar-refractivity contribution is 0.198. The van der Waals surface area contributed by atoms with E-state index in [-0.39, 0.29) is 5.66 Å². The molecule has 2 unspecified atom stereocenters. The van der Waals surface area contributed by atoms with Crippen LogP contribution < -0.4 is 5.66 Å². The predicted molar refractivity (Wildman–Crippen MR) is 159 cm³/mol. The number of halogens is 1. The maximum atomic E-state index is 9.77. The predicted octanol–water partition coefficient (Wildman–Crippen LogP) is 5.56. The van der Waals surface area contributed by atoms with Crippen molar-refractivity contribution in [1.29, 1.82) is 0 Å². The molecule has 0 spiro atoms. The van der Waals surface area contributed by atoms with Crippen LogP contribution in [0.3, 0.4) is 0 Å². The van der Waals surface area contributed by atoms with Gasteiger partial charge in [0.2, 0.25) is 0 Å². The Bertz CT molecular complexity index is 1620. The molecule has 4 aromatic heterocycles. The van der Waals surface area contributed by atoms with Gasteiger partial charge in [-0.2, -0.15) is 0 Å². The van der Waals surface area contributed by atoms with Gasteiger partial charge in [-0.1, -0.05) is 36.4 Å². The standard InChI is InChI=1S/C15H13NO2.C8H7BO3.C7H8BrNO/c1-10(17)12-6-7-16-9-13(12)15-8-11-4-2-3-5-14(11)18-15;10-9(11)8-5-6-3-1-2-4-7(6)12-8;1-5(10)6-2-3-9-4-7(6)8/h2-10,17H,1H3;1-5,10-11H;2-5,10H,1H3. The van der Waals surface area contributed by atoms with Gasteiger partial charge in [0, 0.05) is 45.6 Å². The summed E-state index contributed by atoms with van der Waals surface area (Å²) in [5, 5.41) is 38.4. The molecule has 0 saturated carbocycles. The third-order valence-corrected chi connectivity index (χ3v) is 6.61. The summed E-state index contributed by atoms with van der Waals surface area (Å²) in [5.74, 6) is 0.736. The Morgan fingerprint density at radius 3 is 1.80 bits per heavy atom. The lowest BCUT2D eigenvalue weighted by Gasteiger charge is -2.08.